The molecule has 2 aromatic heterocycles. The Balaban J connectivity index is 1.65. The first-order chi connectivity index (χ1) is 16.6. The molecule has 4 aromatic rings. The minimum absolute atomic E-state index is 0.0183. The minimum Gasteiger partial charge on any atom is -0.456 e. The molecule has 7 nitrogen and oxygen atoms in total. The van der Waals surface area contributed by atoms with Crippen molar-refractivity contribution in [3.8, 4) is 5.69 Å². The summed E-state index contributed by atoms with van der Waals surface area (Å²) in [5.41, 5.74) is -0.977. The quantitative estimate of drug-likeness (QED) is 0.304. The van der Waals surface area contributed by atoms with E-state index in [0.717, 1.165) is 34.9 Å². The lowest BCUT2D eigenvalue weighted by molar-refractivity contribution is -0.137. The highest BCUT2D eigenvalue weighted by Gasteiger charge is 2.30. The number of esters is 1. The van der Waals surface area contributed by atoms with Crippen LogP contribution in [0.3, 0.4) is 0 Å². The van der Waals surface area contributed by atoms with Crippen molar-refractivity contribution in [2.45, 2.75) is 33.1 Å². The van der Waals surface area contributed by atoms with Gasteiger partial charge in [-0.25, -0.2) is 14.3 Å². The Hall–Kier alpha value is -4.21. The molecule has 4 rings (SSSR count). The number of hydrogen-bond donors (Lipinski definition) is 0. The summed E-state index contributed by atoms with van der Waals surface area (Å²) >= 11 is 0. The first-order valence-electron chi connectivity index (χ1n) is 10.6. The zero-order valence-corrected chi connectivity index (χ0v) is 18.7. The molecule has 0 saturated heterocycles. The van der Waals surface area contributed by atoms with Gasteiger partial charge in [0.1, 0.15) is 12.2 Å². The molecule has 0 radical (unpaired) electrons. The maximum atomic E-state index is 13.1. The number of fused-ring (bicyclic) bond motifs is 1. The number of nitrogens with zero attached hydrogens (tertiary/aromatic N) is 2. The van der Waals surface area contributed by atoms with Crippen molar-refractivity contribution in [2.24, 2.45) is 0 Å². The molecule has 0 bridgehead atoms. The van der Waals surface area contributed by atoms with Gasteiger partial charge in [0, 0.05) is 28.8 Å². The van der Waals surface area contributed by atoms with Crippen LogP contribution in [0.2, 0.25) is 0 Å². The van der Waals surface area contributed by atoms with Crippen LogP contribution in [0.15, 0.2) is 68.6 Å². The third kappa shape index (κ3) is 5.01. The normalized spacial score (nSPS) is 11.6. The van der Waals surface area contributed by atoms with Crippen molar-refractivity contribution >= 4 is 16.9 Å². The molecule has 0 aliphatic rings. The maximum Gasteiger partial charge on any atom is 0.416 e. The number of halogens is 3. The molecule has 10 heteroatoms. The van der Waals surface area contributed by atoms with Gasteiger partial charge >= 0.3 is 17.8 Å². The summed E-state index contributed by atoms with van der Waals surface area (Å²) in [7, 11) is 0. The van der Waals surface area contributed by atoms with Gasteiger partial charge in [-0.05, 0) is 43.2 Å². The fraction of sp³-hybridized carbons (Fsp3) is 0.200. The molecule has 2 heterocycles. The molecule has 0 amide bonds. The lowest BCUT2D eigenvalue weighted by atomic mass is 10.1. The molecular formula is C25H19F3N2O5. The molecule has 0 fully saturated rings. The van der Waals surface area contributed by atoms with Crippen LogP contribution < -0.4 is 11.1 Å². The average molecular weight is 484 g/mol. The number of benzene rings is 2. The smallest absolute Gasteiger partial charge is 0.416 e. The Morgan fingerprint density at radius 1 is 1.09 bits per heavy atom. The second kappa shape index (κ2) is 9.21. The molecule has 0 spiro atoms. The largest absolute Gasteiger partial charge is 0.456 e. The molecule has 0 aliphatic carbocycles. The predicted molar refractivity (Wildman–Crippen MR) is 121 cm³/mol. The second-order valence-electron chi connectivity index (χ2n) is 7.81. The Labute approximate surface area is 196 Å². The fourth-order valence-corrected chi connectivity index (χ4v) is 3.59. The molecule has 180 valence electrons. The molecule has 0 aliphatic heterocycles. The van der Waals surface area contributed by atoms with Crippen molar-refractivity contribution in [2.75, 3.05) is 0 Å². The summed E-state index contributed by atoms with van der Waals surface area (Å²) in [5.74, 6) is -1.08. The van der Waals surface area contributed by atoms with E-state index in [1.165, 1.54) is 25.1 Å². The minimum atomic E-state index is -4.58. The average Bonchev–Trinajstić information content (AvgIpc) is 2.81. The zero-order valence-electron chi connectivity index (χ0n) is 18.7. The number of aromatic nitrogens is 2. The lowest BCUT2D eigenvalue weighted by Gasteiger charge is -2.13. The number of carbonyl (C=O) groups is 1. The molecule has 0 unspecified atom stereocenters. The van der Waals surface area contributed by atoms with Gasteiger partial charge in [-0.15, -0.1) is 0 Å². The van der Waals surface area contributed by atoms with Gasteiger partial charge in [-0.3, -0.25) is 4.79 Å². The number of rotatable bonds is 5. The van der Waals surface area contributed by atoms with E-state index in [9.17, 15) is 27.6 Å². The van der Waals surface area contributed by atoms with Crippen LogP contribution in [0.4, 0.5) is 13.2 Å². The van der Waals surface area contributed by atoms with E-state index in [2.05, 4.69) is 5.10 Å². The Morgan fingerprint density at radius 3 is 2.57 bits per heavy atom. The van der Waals surface area contributed by atoms with Crippen molar-refractivity contribution in [3.63, 3.8) is 0 Å². The maximum absolute atomic E-state index is 13.1. The van der Waals surface area contributed by atoms with Gasteiger partial charge < -0.3 is 9.15 Å². The van der Waals surface area contributed by atoms with Gasteiger partial charge in [-0.2, -0.15) is 18.3 Å². The van der Waals surface area contributed by atoms with Crippen LogP contribution in [0, 0.1) is 6.92 Å². The molecule has 0 N–H and O–H groups in total. The summed E-state index contributed by atoms with van der Waals surface area (Å²) in [6.45, 7) is 3.08. The monoisotopic (exact) mass is 484 g/mol. The van der Waals surface area contributed by atoms with Crippen molar-refractivity contribution in [1.82, 2.24) is 9.78 Å². The summed E-state index contributed by atoms with van der Waals surface area (Å²) in [6.07, 6.45) is -3.84. The van der Waals surface area contributed by atoms with Crippen LogP contribution in [0.1, 0.15) is 39.8 Å². The highest BCUT2D eigenvalue weighted by atomic mass is 19.4. The number of carbonyl (C=O) groups excluding carboxylic acids is 1. The van der Waals surface area contributed by atoms with E-state index in [-0.39, 0.29) is 18.0 Å². The van der Waals surface area contributed by atoms with Crippen molar-refractivity contribution < 1.29 is 27.1 Å². The Bertz CT molecular complexity index is 1550. The number of alkyl halides is 3. The topological polar surface area (TPSA) is 91.4 Å². The standard InChI is InChI=1S/C25H19F3N2O5/c1-3-15-7-8-19-16(11-22(32)35-21(19)10-15)13-34-24(33)23-20(31)9-14(2)30(29-23)18-6-4-5-17(12-18)25(26,27)28/h4-12H,3,13H2,1-2H3. The highest BCUT2D eigenvalue weighted by molar-refractivity contribution is 5.87. The van der Waals surface area contributed by atoms with Crippen LogP contribution in [0.25, 0.3) is 16.7 Å². The predicted octanol–water partition coefficient (Wildman–Crippen LogP) is 4.59. The lowest BCUT2D eigenvalue weighted by Crippen LogP contribution is -2.24. The summed E-state index contributed by atoms with van der Waals surface area (Å²) in [6, 6.07) is 11.9. The molecule has 35 heavy (non-hydrogen) atoms. The van der Waals surface area contributed by atoms with E-state index >= 15 is 0 Å². The van der Waals surface area contributed by atoms with Gasteiger partial charge in [0.25, 0.3) is 0 Å². The van der Waals surface area contributed by atoms with Gasteiger partial charge in [0.05, 0.1) is 11.3 Å². The van der Waals surface area contributed by atoms with Crippen LogP contribution in [-0.4, -0.2) is 15.7 Å². The first kappa shape index (κ1) is 23.9. The fourth-order valence-electron chi connectivity index (χ4n) is 3.59. The van der Waals surface area contributed by atoms with E-state index in [0.29, 0.717) is 16.5 Å². The zero-order chi connectivity index (χ0) is 25.3. The summed E-state index contributed by atoms with van der Waals surface area (Å²) in [5, 5.41) is 4.52. The van der Waals surface area contributed by atoms with Crippen LogP contribution in [0.5, 0.6) is 0 Å². The molecule has 0 saturated carbocycles. The van der Waals surface area contributed by atoms with E-state index in [1.807, 2.05) is 13.0 Å². The van der Waals surface area contributed by atoms with E-state index in [4.69, 9.17) is 9.15 Å². The van der Waals surface area contributed by atoms with Gasteiger partial charge in [-0.1, -0.05) is 25.1 Å². The number of ether oxygens (including phenoxy) is 1. The SMILES string of the molecule is CCc1ccc2c(COC(=O)c3nn(-c4cccc(C(F)(F)F)c4)c(C)cc3=O)cc(=O)oc2c1. The van der Waals surface area contributed by atoms with E-state index in [1.54, 1.807) is 12.1 Å². The number of hydrogen-bond acceptors (Lipinski definition) is 6. The Morgan fingerprint density at radius 2 is 1.86 bits per heavy atom. The van der Waals surface area contributed by atoms with Gasteiger partial charge in [0.2, 0.25) is 11.1 Å². The highest BCUT2D eigenvalue weighted by Crippen LogP contribution is 2.30. The third-order valence-electron chi connectivity index (χ3n) is 5.38. The molecular weight excluding hydrogens is 465 g/mol. The Kier molecular flexibility index (Phi) is 6.29. The molecule has 2 aromatic carbocycles. The number of aryl methyl sites for hydroxylation is 2. The van der Waals surface area contributed by atoms with Crippen LogP contribution >= 0.6 is 0 Å². The summed E-state index contributed by atoms with van der Waals surface area (Å²) < 4.78 is 50.9. The van der Waals surface area contributed by atoms with E-state index < -0.39 is 34.5 Å². The van der Waals surface area contributed by atoms with Crippen LogP contribution in [-0.2, 0) is 23.9 Å². The third-order valence-corrected chi connectivity index (χ3v) is 5.38. The van der Waals surface area contributed by atoms with Crippen molar-refractivity contribution in [3.05, 3.63) is 103 Å². The van der Waals surface area contributed by atoms with Gasteiger partial charge in [0.15, 0.2) is 0 Å². The summed E-state index contributed by atoms with van der Waals surface area (Å²) in [4.78, 5) is 37.1. The first-order valence-corrected chi connectivity index (χ1v) is 10.6. The second-order valence-corrected chi connectivity index (χ2v) is 7.81. The molecule has 0 atom stereocenters. The van der Waals surface area contributed by atoms with Crippen molar-refractivity contribution in [1.29, 1.82) is 0 Å².